The van der Waals surface area contributed by atoms with Gasteiger partial charge in [-0.2, -0.15) is 0 Å². The number of amides is 1. The summed E-state index contributed by atoms with van der Waals surface area (Å²) in [6.45, 7) is 3.43. The van der Waals surface area contributed by atoms with E-state index in [9.17, 15) is 9.59 Å². The second kappa shape index (κ2) is 8.90. The number of carboxylic acids is 1. The first-order valence-corrected chi connectivity index (χ1v) is 9.02. The monoisotopic (exact) mass is 379 g/mol. The lowest BCUT2D eigenvalue weighted by Crippen LogP contribution is -2.25. The Morgan fingerprint density at radius 3 is 2.68 bits per heavy atom. The van der Waals surface area contributed by atoms with Crippen LogP contribution in [0.2, 0.25) is 0 Å². The maximum absolute atomic E-state index is 12.3. The third kappa shape index (κ3) is 4.59. The number of aryl methyl sites for hydroxylation is 2. The molecule has 8 nitrogen and oxygen atoms in total. The number of hydrogen-bond donors (Lipinski definition) is 2. The van der Waals surface area contributed by atoms with Gasteiger partial charge in [-0.3, -0.25) is 9.78 Å². The maximum Gasteiger partial charge on any atom is 0.356 e. The second-order valence-corrected chi connectivity index (χ2v) is 6.17. The highest BCUT2D eigenvalue weighted by Gasteiger charge is 2.09. The van der Waals surface area contributed by atoms with E-state index in [1.54, 1.807) is 30.5 Å². The first-order chi connectivity index (χ1) is 13.6. The number of aromatic nitrogens is 4. The van der Waals surface area contributed by atoms with E-state index in [1.807, 2.05) is 6.20 Å². The molecular weight excluding hydrogens is 358 g/mol. The van der Waals surface area contributed by atoms with Gasteiger partial charge in [0.25, 0.3) is 5.91 Å². The first-order valence-electron chi connectivity index (χ1n) is 9.02. The van der Waals surface area contributed by atoms with Crippen molar-refractivity contribution in [2.45, 2.75) is 26.3 Å². The first kappa shape index (κ1) is 19.2. The molecule has 0 atom stereocenters. The van der Waals surface area contributed by atoms with E-state index in [0.717, 1.165) is 25.2 Å². The Bertz CT molecular complexity index is 966. The van der Waals surface area contributed by atoms with Gasteiger partial charge in [0.15, 0.2) is 5.69 Å². The minimum atomic E-state index is -1.13. The topological polar surface area (TPSA) is 110 Å². The lowest BCUT2D eigenvalue weighted by Gasteiger charge is -2.08. The van der Waals surface area contributed by atoms with E-state index in [1.165, 1.54) is 12.4 Å². The Hall–Kier alpha value is -3.55. The van der Waals surface area contributed by atoms with E-state index in [2.05, 4.69) is 31.8 Å². The number of hydrogen-bond acceptors (Lipinski definition) is 5. The van der Waals surface area contributed by atoms with Gasteiger partial charge in [0.1, 0.15) is 5.82 Å². The minimum Gasteiger partial charge on any atom is -0.476 e. The van der Waals surface area contributed by atoms with Crippen LogP contribution in [0.25, 0.3) is 11.3 Å². The number of carbonyl (C=O) groups excluding carboxylic acids is 1. The van der Waals surface area contributed by atoms with Crippen molar-refractivity contribution in [1.82, 2.24) is 24.8 Å². The van der Waals surface area contributed by atoms with Crippen LogP contribution in [-0.2, 0) is 13.0 Å². The summed E-state index contributed by atoms with van der Waals surface area (Å²) in [5.41, 5.74) is 1.55. The summed E-state index contributed by atoms with van der Waals surface area (Å²) < 4.78 is 2.09. The van der Waals surface area contributed by atoms with Crippen LogP contribution in [0.15, 0.2) is 49.1 Å². The second-order valence-electron chi connectivity index (χ2n) is 6.17. The normalized spacial score (nSPS) is 10.6. The summed E-state index contributed by atoms with van der Waals surface area (Å²) in [7, 11) is 0. The summed E-state index contributed by atoms with van der Waals surface area (Å²) in [4.78, 5) is 35.5. The van der Waals surface area contributed by atoms with Crippen molar-refractivity contribution in [3.05, 3.63) is 66.1 Å². The molecule has 2 aromatic heterocycles. The fourth-order valence-electron chi connectivity index (χ4n) is 2.81. The lowest BCUT2D eigenvalue weighted by molar-refractivity contribution is 0.0690. The van der Waals surface area contributed by atoms with Crippen molar-refractivity contribution in [3.63, 3.8) is 0 Å². The van der Waals surface area contributed by atoms with Gasteiger partial charge in [-0.15, -0.1) is 0 Å². The molecule has 0 unspecified atom stereocenters. The number of nitrogens with one attached hydrogen (secondary N) is 1. The molecule has 0 spiro atoms. The predicted octanol–water partition coefficient (Wildman–Crippen LogP) is 2.42. The summed E-state index contributed by atoms with van der Waals surface area (Å²) in [5.74, 6) is -0.248. The van der Waals surface area contributed by atoms with Crippen molar-refractivity contribution < 1.29 is 14.7 Å². The number of nitrogens with zero attached hydrogens (tertiary/aromatic N) is 4. The van der Waals surface area contributed by atoms with Crippen molar-refractivity contribution in [2.75, 3.05) is 6.54 Å². The summed E-state index contributed by atoms with van der Waals surface area (Å²) in [6.07, 6.45) is 8.11. The van der Waals surface area contributed by atoms with Crippen molar-refractivity contribution in [2.24, 2.45) is 0 Å². The van der Waals surface area contributed by atoms with Gasteiger partial charge in [-0.1, -0.05) is 19.1 Å². The highest BCUT2D eigenvalue weighted by atomic mass is 16.4. The highest BCUT2D eigenvalue weighted by molar-refractivity contribution is 5.94. The smallest absolute Gasteiger partial charge is 0.356 e. The molecule has 28 heavy (non-hydrogen) atoms. The Labute approximate surface area is 162 Å². The van der Waals surface area contributed by atoms with Crippen LogP contribution in [0.3, 0.4) is 0 Å². The SMILES string of the molecule is CCc1nccn1CCCNC(=O)c1ccc(-c2cncc(C(=O)O)n2)cc1. The van der Waals surface area contributed by atoms with Gasteiger partial charge >= 0.3 is 5.97 Å². The summed E-state index contributed by atoms with van der Waals surface area (Å²) in [5, 5.41) is 11.9. The van der Waals surface area contributed by atoms with Crippen LogP contribution >= 0.6 is 0 Å². The Morgan fingerprint density at radius 2 is 1.96 bits per heavy atom. The van der Waals surface area contributed by atoms with Crippen LogP contribution in [-0.4, -0.2) is 43.0 Å². The van der Waals surface area contributed by atoms with Crippen molar-refractivity contribution in [3.8, 4) is 11.3 Å². The molecule has 0 aliphatic rings. The molecule has 1 amide bonds. The van der Waals surface area contributed by atoms with Gasteiger partial charge in [0.2, 0.25) is 0 Å². The number of carboxylic acid groups (broad SMARTS) is 1. The molecule has 0 aliphatic carbocycles. The molecule has 8 heteroatoms. The third-order valence-electron chi connectivity index (χ3n) is 4.28. The van der Waals surface area contributed by atoms with E-state index in [-0.39, 0.29) is 11.6 Å². The Kier molecular flexibility index (Phi) is 6.11. The van der Waals surface area contributed by atoms with Crippen LogP contribution in [0.4, 0.5) is 0 Å². The fraction of sp³-hybridized carbons (Fsp3) is 0.250. The molecule has 144 valence electrons. The molecule has 1 aromatic carbocycles. The van der Waals surface area contributed by atoms with E-state index in [0.29, 0.717) is 23.4 Å². The van der Waals surface area contributed by atoms with Crippen molar-refractivity contribution >= 4 is 11.9 Å². The quantitative estimate of drug-likeness (QED) is 0.582. The maximum atomic E-state index is 12.3. The van der Waals surface area contributed by atoms with E-state index < -0.39 is 5.97 Å². The van der Waals surface area contributed by atoms with Gasteiger partial charge in [-0.25, -0.2) is 14.8 Å². The molecule has 3 rings (SSSR count). The van der Waals surface area contributed by atoms with Crippen molar-refractivity contribution in [1.29, 1.82) is 0 Å². The number of rotatable bonds is 8. The van der Waals surface area contributed by atoms with Crippen LogP contribution < -0.4 is 5.32 Å². The van der Waals surface area contributed by atoms with Crippen LogP contribution in [0.5, 0.6) is 0 Å². The average Bonchev–Trinajstić information content (AvgIpc) is 3.18. The summed E-state index contributed by atoms with van der Waals surface area (Å²) in [6, 6.07) is 6.82. The Balaban J connectivity index is 1.55. The van der Waals surface area contributed by atoms with Gasteiger partial charge in [0.05, 0.1) is 18.1 Å². The molecule has 2 heterocycles. The van der Waals surface area contributed by atoms with E-state index >= 15 is 0 Å². The van der Waals surface area contributed by atoms with Crippen LogP contribution in [0, 0.1) is 0 Å². The van der Waals surface area contributed by atoms with Gasteiger partial charge < -0.3 is 15.0 Å². The molecule has 0 fully saturated rings. The minimum absolute atomic E-state index is 0.122. The average molecular weight is 379 g/mol. The largest absolute Gasteiger partial charge is 0.476 e. The lowest BCUT2D eigenvalue weighted by atomic mass is 10.1. The molecule has 0 aliphatic heterocycles. The third-order valence-corrected chi connectivity index (χ3v) is 4.28. The number of aromatic carboxylic acids is 1. The zero-order valence-electron chi connectivity index (χ0n) is 15.5. The zero-order chi connectivity index (χ0) is 19.9. The fourth-order valence-corrected chi connectivity index (χ4v) is 2.81. The predicted molar refractivity (Wildman–Crippen MR) is 103 cm³/mol. The molecule has 0 saturated carbocycles. The number of imidazole rings is 1. The molecular formula is C20H21N5O3. The van der Waals surface area contributed by atoms with Gasteiger partial charge in [0, 0.05) is 43.0 Å². The Morgan fingerprint density at radius 1 is 1.18 bits per heavy atom. The standard InChI is InChI=1S/C20H21N5O3/c1-2-18-22-9-11-25(18)10-3-8-23-19(26)15-6-4-14(5-7-15)16-12-21-13-17(24-16)20(27)28/h4-7,9,11-13H,2-3,8,10H2,1H3,(H,23,26)(H,27,28). The molecule has 2 N–H and O–H groups in total. The number of carbonyl (C=O) groups is 2. The zero-order valence-corrected chi connectivity index (χ0v) is 15.5. The number of benzene rings is 1. The highest BCUT2D eigenvalue weighted by Crippen LogP contribution is 2.17. The molecule has 3 aromatic rings. The van der Waals surface area contributed by atoms with Crippen LogP contribution in [0.1, 0.15) is 40.0 Å². The van der Waals surface area contributed by atoms with Gasteiger partial charge in [-0.05, 0) is 18.6 Å². The molecule has 0 radical (unpaired) electrons. The summed E-state index contributed by atoms with van der Waals surface area (Å²) >= 11 is 0. The van der Waals surface area contributed by atoms with E-state index in [4.69, 9.17) is 5.11 Å². The molecule has 0 saturated heterocycles. The molecule has 0 bridgehead atoms.